The van der Waals surface area contributed by atoms with Gasteiger partial charge in [-0.3, -0.25) is 0 Å². The van der Waals surface area contributed by atoms with Gasteiger partial charge in [0.2, 0.25) is 0 Å². The molecular weight excluding hydrogens is 124 g/mol. The first kappa shape index (κ1) is 6.93. The highest BCUT2D eigenvalue weighted by molar-refractivity contribution is 5.14. The molecule has 0 radical (unpaired) electrons. The molecule has 1 aromatic rings. The van der Waals surface area contributed by atoms with Crippen LogP contribution in [0, 0.1) is 13.8 Å². The topological polar surface area (TPSA) is 25.8 Å². The SMILES string of the molecule is C=c1nc(C)nc(C)c1=C. The first-order valence-electron chi connectivity index (χ1n) is 3.10. The molecule has 0 atom stereocenters. The van der Waals surface area contributed by atoms with Gasteiger partial charge in [-0.15, -0.1) is 0 Å². The molecule has 0 aliphatic rings. The highest BCUT2D eigenvalue weighted by Gasteiger charge is 1.90. The molecular formula is C8H10N2. The Bertz CT molecular complexity index is 341. The maximum absolute atomic E-state index is 4.12. The van der Waals surface area contributed by atoms with Crippen LogP contribution in [-0.2, 0) is 0 Å². The average molecular weight is 134 g/mol. The first-order valence-corrected chi connectivity index (χ1v) is 3.10. The molecule has 10 heavy (non-hydrogen) atoms. The van der Waals surface area contributed by atoms with Gasteiger partial charge in [0.1, 0.15) is 5.82 Å². The lowest BCUT2D eigenvalue weighted by molar-refractivity contribution is 0.970. The molecule has 0 aliphatic heterocycles. The lowest BCUT2D eigenvalue weighted by Gasteiger charge is -1.94. The summed E-state index contributed by atoms with van der Waals surface area (Å²) in [5, 5.41) is 1.57. The molecule has 0 N–H and O–H groups in total. The van der Waals surface area contributed by atoms with Gasteiger partial charge in [0, 0.05) is 10.9 Å². The van der Waals surface area contributed by atoms with E-state index in [9.17, 15) is 0 Å². The van der Waals surface area contributed by atoms with E-state index in [4.69, 9.17) is 0 Å². The van der Waals surface area contributed by atoms with Crippen molar-refractivity contribution in [3.8, 4) is 0 Å². The van der Waals surface area contributed by atoms with Crippen molar-refractivity contribution < 1.29 is 0 Å². The summed E-state index contributed by atoms with van der Waals surface area (Å²) in [7, 11) is 0. The van der Waals surface area contributed by atoms with Crippen LogP contribution >= 0.6 is 0 Å². The fourth-order valence-corrected chi connectivity index (χ4v) is 0.807. The van der Waals surface area contributed by atoms with Crippen molar-refractivity contribution in [1.82, 2.24) is 9.97 Å². The molecule has 0 fully saturated rings. The number of hydrogen-bond acceptors (Lipinski definition) is 2. The van der Waals surface area contributed by atoms with Crippen LogP contribution in [0.4, 0.5) is 0 Å². The van der Waals surface area contributed by atoms with Gasteiger partial charge >= 0.3 is 0 Å². The summed E-state index contributed by atoms with van der Waals surface area (Å²) in [6.07, 6.45) is 0. The van der Waals surface area contributed by atoms with E-state index in [1.165, 1.54) is 0 Å². The van der Waals surface area contributed by atoms with E-state index in [1.54, 1.807) is 0 Å². The van der Waals surface area contributed by atoms with E-state index < -0.39 is 0 Å². The molecule has 0 saturated heterocycles. The summed E-state index contributed by atoms with van der Waals surface area (Å²) in [6, 6.07) is 0. The third-order valence-electron chi connectivity index (χ3n) is 1.41. The molecule has 0 aliphatic carbocycles. The van der Waals surface area contributed by atoms with Crippen LogP contribution in [0.5, 0.6) is 0 Å². The van der Waals surface area contributed by atoms with E-state index in [2.05, 4.69) is 23.1 Å². The molecule has 1 heterocycles. The Morgan fingerprint density at radius 2 is 1.70 bits per heavy atom. The number of rotatable bonds is 0. The highest BCUT2D eigenvalue weighted by atomic mass is 14.9. The van der Waals surface area contributed by atoms with Crippen molar-refractivity contribution in [2.75, 3.05) is 0 Å². The zero-order chi connectivity index (χ0) is 7.72. The zero-order valence-electron chi connectivity index (χ0n) is 6.31. The lowest BCUT2D eigenvalue weighted by Crippen LogP contribution is -2.30. The Balaban J connectivity index is 3.62. The van der Waals surface area contributed by atoms with Crippen LogP contribution in [0.3, 0.4) is 0 Å². The van der Waals surface area contributed by atoms with Crippen molar-refractivity contribution in [3.05, 3.63) is 22.1 Å². The van der Waals surface area contributed by atoms with Gasteiger partial charge in [0.25, 0.3) is 0 Å². The van der Waals surface area contributed by atoms with E-state index in [0.717, 1.165) is 22.1 Å². The van der Waals surface area contributed by atoms with Crippen LogP contribution < -0.4 is 10.6 Å². The first-order chi connectivity index (χ1) is 4.61. The van der Waals surface area contributed by atoms with Gasteiger partial charge in [-0.05, 0) is 13.8 Å². The molecule has 0 unspecified atom stereocenters. The van der Waals surface area contributed by atoms with E-state index >= 15 is 0 Å². The van der Waals surface area contributed by atoms with Crippen LogP contribution in [0.2, 0.25) is 0 Å². The molecule has 2 nitrogen and oxygen atoms in total. The minimum Gasteiger partial charge on any atom is -0.238 e. The normalized spacial score (nSPS) is 9.80. The minimum absolute atomic E-state index is 0.727. The highest BCUT2D eigenvalue weighted by Crippen LogP contribution is 1.78. The molecule has 2 heteroatoms. The van der Waals surface area contributed by atoms with Crippen molar-refractivity contribution in [2.24, 2.45) is 0 Å². The van der Waals surface area contributed by atoms with Crippen molar-refractivity contribution in [2.45, 2.75) is 13.8 Å². The Kier molecular flexibility index (Phi) is 1.53. The van der Waals surface area contributed by atoms with E-state index in [0.29, 0.717) is 0 Å². The second-order valence-corrected chi connectivity index (χ2v) is 2.28. The lowest BCUT2D eigenvalue weighted by atomic mass is 10.3. The third kappa shape index (κ3) is 1.05. The van der Waals surface area contributed by atoms with Crippen LogP contribution in [0.25, 0.3) is 13.2 Å². The smallest absolute Gasteiger partial charge is 0.126 e. The molecule has 1 aromatic heterocycles. The van der Waals surface area contributed by atoms with Crippen LogP contribution in [0.15, 0.2) is 0 Å². The van der Waals surface area contributed by atoms with Crippen molar-refractivity contribution in [3.63, 3.8) is 0 Å². The predicted molar refractivity (Wildman–Crippen MR) is 41.8 cm³/mol. The zero-order valence-corrected chi connectivity index (χ0v) is 6.31. The van der Waals surface area contributed by atoms with Crippen molar-refractivity contribution in [1.29, 1.82) is 0 Å². The molecule has 1 rings (SSSR count). The molecule has 0 saturated carbocycles. The number of hydrogen-bond donors (Lipinski definition) is 0. The number of nitrogens with zero attached hydrogens (tertiary/aromatic N) is 2. The molecule has 52 valence electrons. The Morgan fingerprint density at radius 3 is 2.20 bits per heavy atom. The largest absolute Gasteiger partial charge is 0.238 e. The summed E-state index contributed by atoms with van der Waals surface area (Å²) in [5.41, 5.74) is 0.914. The maximum atomic E-state index is 4.12. The maximum Gasteiger partial charge on any atom is 0.126 e. The van der Waals surface area contributed by atoms with Gasteiger partial charge in [0.15, 0.2) is 0 Å². The van der Waals surface area contributed by atoms with Crippen molar-refractivity contribution >= 4 is 13.2 Å². The minimum atomic E-state index is 0.727. The van der Waals surface area contributed by atoms with Crippen LogP contribution in [0.1, 0.15) is 11.5 Å². The summed E-state index contributed by atoms with van der Waals surface area (Å²) >= 11 is 0. The second kappa shape index (κ2) is 2.21. The van der Waals surface area contributed by atoms with Gasteiger partial charge in [-0.1, -0.05) is 13.2 Å². The fourth-order valence-electron chi connectivity index (χ4n) is 0.807. The van der Waals surface area contributed by atoms with Crippen LogP contribution in [-0.4, -0.2) is 9.97 Å². The number of aromatic nitrogens is 2. The standard InChI is InChI=1S/C8H10N2/c1-5-6(2)9-8(4)10-7(5)3/h1-2H2,3-4H3. The molecule has 0 aromatic carbocycles. The van der Waals surface area contributed by atoms with Gasteiger partial charge in [-0.25, -0.2) is 9.97 Å². The van der Waals surface area contributed by atoms with Gasteiger partial charge < -0.3 is 0 Å². The summed E-state index contributed by atoms with van der Waals surface area (Å²) in [5.74, 6) is 0.759. The Morgan fingerprint density at radius 1 is 1.10 bits per heavy atom. The Hall–Kier alpha value is -1.18. The molecule has 0 bridgehead atoms. The average Bonchev–Trinajstić information content (AvgIpc) is 1.82. The third-order valence-corrected chi connectivity index (χ3v) is 1.41. The summed E-state index contributed by atoms with van der Waals surface area (Å²) in [4.78, 5) is 8.17. The van der Waals surface area contributed by atoms with Gasteiger partial charge in [-0.2, -0.15) is 0 Å². The Labute approximate surface area is 60.0 Å². The predicted octanol–water partition coefficient (Wildman–Crippen LogP) is -0.0860. The molecule has 0 amide bonds. The quantitative estimate of drug-likeness (QED) is 0.495. The van der Waals surface area contributed by atoms with Gasteiger partial charge in [0.05, 0.1) is 5.35 Å². The summed E-state index contributed by atoms with van der Waals surface area (Å²) < 4.78 is 0. The monoisotopic (exact) mass is 134 g/mol. The van der Waals surface area contributed by atoms with E-state index in [-0.39, 0.29) is 0 Å². The summed E-state index contributed by atoms with van der Waals surface area (Å²) in [6.45, 7) is 11.3. The number of aryl methyl sites for hydroxylation is 2. The molecule has 0 spiro atoms. The van der Waals surface area contributed by atoms with E-state index in [1.807, 2.05) is 13.8 Å². The fraction of sp³-hybridized carbons (Fsp3) is 0.250. The second-order valence-electron chi connectivity index (χ2n) is 2.28.